The molecule has 4 rings (SSSR count). The first kappa shape index (κ1) is 26.9. The van der Waals surface area contributed by atoms with Crippen molar-refractivity contribution in [2.24, 2.45) is 5.92 Å². The lowest BCUT2D eigenvalue weighted by Crippen LogP contribution is -2.42. The third-order valence-corrected chi connectivity index (χ3v) is 7.17. The smallest absolute Gasteiger partial charge is 0.308 e. The number of fused-ring (bicyclic) bond motifs is 1. The number of hydrogen-bond donors (Lipinski definition) is 2. The number of anilines is 1. The molecule has 1 aromatic carbocycles. The zero-order valence-electron chi connectivity index (χ0n) is 21.7. The van der Waals surface area contributed by atoms with Gasteiger partial charge in [0.1, 0.15) is 5.82 Å². The van der Waals surface area contributed by atoms with E-state index in [0.717, 1.165) is 69.8 Å². The number of rotatable bonds is 10. The number of nitrogens with one attached hydrogen (secondary N) is 2. The van der Waals surface area contributed by atoms with E-state index < -0.39 is 17.8 Å². The fourth-order valence-electron chi connectivity index (χ4n) is 5.03. The minimum Gasteiger partial charge on any atom is -0.494 e. The lowest BCUT2D eigenvalue weighted by molar-refractivity contribution is -0.144. The molecule has 0 bridgehead atoms. The number of nitrogens with zero attached hydrogens (tertiary/aromatic N) is 2. The quantitative estimate of drug-likeness (QED) is 0.470. The highest BCUT2D eigenvalue weighted by atomic mass is 19.1. The van der Waals surface area contributed by atoms with Gasteiger partial charge in [-0.2, -0.15) is 0 Å². The minimum atomic E-state index is -0.673. The van der Waals surface area contributed by atoms with Gasteiger partial charge in [0.25, 0.3) is 0 Å². The molecule has 1 aromatic heterocycles. The third kappa shape index (κ3) is 7.19. The van der Waals surface area contributed by atoms with E-state index in [1.165, 1.54) is 24.8 Å². The molecule has 2 aliphatic rings. The Morgan fingerprint density at radius 3 is 2.78 bits per heavy atom. The Hall–Kier alpha value is -3.20. The Morgan fingerprint density at radius 1 is 1.24 bits per heavy atom. The lowest BCUT2D eigenvalue weighted by Gasteiger charge is -2.32. The van der Waals surface area contributed by atoms with Crippen LogP contribution in [0.5, 0.6) is 5.75 Å². The molecule has 8 nitrogen and oxygen atoms in total. The zero-order chi connectivity index (χ0) is 26.2. The molecule has 200 valence electrons. The number of pyridine rings is 1. The van der Waals surface area contributed by atoms with Gasteiger partial charge in [-0.25, -0.2) is 9.37 Å². The summed E-state index contributed by atoms with van der Waals surface area (Å²) < 4.78 is 24.4. The second kappa shape index (κ2) is 12.9. The summed E-state index contributed by atoms with van der Waals surface area (Å²) in [5.74, 6) is -0.124. The van der Waals surface area contributed by atoms with Gasteiger partial charge in [0, 0.05) is 31.1 Å². The average molecular weight is 513 g/mol. The Bertz CT molecular complexity index is 1090. The molecule has 3 heterocycles. The highest BCUT2D eigenvalue weighted by Crippen LogP contribution is 2.26. The average Bonchev–Trinajstić information content (AvgIpc) is 2.91. The molecule has 1 atom stereocenters. The van der Waals surface area contributed by atoms with Crippen LogP contribution in [0.3, 0.4) is 0 Å². The first-order chi connectivity index (χ1) is 18.0. The molecule has 0 saturated carbocycles. The number of hydrogen-bond acceptors (Lipinski definition) is 7. The van der Waals surface area contributed by atoms with Crippen molar-refractivity contribution in [2.75, 3.05) is 45.2 Å². The molecule has 1 amide bonds. The van der Waals surface area contributed by atoms with Gasteiger partial charge in [-0.15, -0.1) is 0 Å². The summed E-state index contributed by atoms with van der Waals surface area (Å²) in [4.78, 5) is 32.5. The summed E-state index contributed by atoms with van der Waals surface area (Å²) in [7, 11) is 1.39. The second-order valence-electron chi connectivity index (χ2n) is 9.67. The molecule has 0 spiro atoms. The van der Waals surface area contributed by atoms with Gasteiger partial charge in [-0.3, -0.25) is 9.59 Å². The number of amides is 1. The molecular formula is C28H37FN4O4. The van der Waals surface area contributed by atoms with E-state index in [0.29, 0.717) is 5.56 Å². The maximum atomic E-state index is 14.3. The van der Waals surface area contributed by atoms with Crippen LogP contribution in [0.2, 0.25) is 0 Å². The lowest BCUT2D eigenvalue weighted by atomic mass is 9.94. The fraction of sp³-hybridized carbons (Fsp3) is 0.536. The Labute approximate surface area is 217 Å². The van der Waals surface area contributed by atoms with Crippen molar-refractivity contribution in [3.05, 3.63) is 53.0 Å². The molecule has 0 aliphatic carbocycles. The highest BCUT2D eigenvalue weighted by molar-refractivity contribution is 5.80. The number of piperidine rings is 1. The van der Waals surface area contributed by atoms with Gasteiger partial charge in [-0.05, 0) is 75.0 Å². The number of esters is 1. The molecular weight excluding hydrogens is 475 g/mol. The molecule has 2 aliphatic heterocycles. The van der Waals surface area contributed by atoms with Crippen molar-refractivity contribution in [3.63, 3.8) is 0 Å². The number of likely N-dealkylation sites (tertiary alicyclic amines) is 1. The molecule has 2 N–H and O–H groups in total. The van der Waals surface area contributed by atoms with Crippen molar-refractivity contribution in [1.82, 2.24) is 15.2 Å². The molecule has 0 radical (unpaired) electrons. The van der Waals surface area contributed by atoms with Crippen LogP contribution in [0, 0.1) is 11.7 Å². The van der Waals surface area contributed by atoms with E-state index in [-0.39, 0.29) is 30.6 Å². The zero-order valence-corrected chi connectivity index (χ0v) is 21.7. The topological polar surface area (TPSA) is 92.8 Å². The monoisotopic (exact) mass is 512 g/mol. The molecule has 37 heavy (non-hydrogen) atoms. The number of aryl methyl sites for hydroxylation is 1. The van der Waals surface area contributed by atoms with Crippen LogP contribution in [-0.2, 0) is 27.2 Å². The third-order valence-electron chi connectivity index (χ3n) is 7.17. The maximum absolute atomic E-state index is 14.3. The van der Waals surface area contributed by atoms with Crippen LogP contribution in [-0.4, -0.2) is 61.7 Å². The van der Waals surface area contributed by atoms with E-state index in [2.05, 4.69) is 27.7 Å². The Kier molecular flexibility index (Phi) is 9.33. The van der Waals surface area contributed by atoms with Gasteiger partial charge in [0.2, 0.25) is 5.91 Å². The van der Waals surface area contributed by atoms with E-state index in [4.69, 9.17) is 14.5 Å². The number of methoxy groups -OCH3 is 1. The Balaban J connectivity index is 1.30. The molecule has 2 aromatic rings. The van der Waals surface area contributed by atoms with Crippen molar-refractivity contribution in [1.29, 1.82) is 0 Å². The summed E-state index contributed by atoms with van der Waals surface area (Å²) >= 11 is 0. The predicted molar refractivity (Wildman–Crippen MR) is 139 cm³/mol. The molecule has 9 heteroatoms. The van der Waals surface area contributed by atoms with Crippen LogP contribution in [0.25, 0.3) is 0 Å². The van der Waals surface area contributed by atoms with Crippen LogP contribution in [0.4, 0.5) is 10.2 Å². The number of benzene rings is 1. The van der Waals surface area contributed by atoms with E-state index in [9.17, 15) is 14.0 Å². The van der Waals surface area contributed by atoms with Crippen molar-refractivity contribution in [2.45, 2.75) is 51.5 Å². The second-order valence-corrected chi connectivity index (χ2v) is 9.67. The Morgan fingerprint density at radius 2 is 2.05 bits per heavy atom. The molecule has 1 fully saturated rings. The van der Waals surface area contributed by atoms with Crippen LogP contribution < -0.4 is 15.4 Å². The minimum absolute atomic E-state index is 0.0627. The van der Waals surface area contributed by atoms with Crippen LogP contribution >= 0.6 is 0 Å². The van der Waals surface area contributed by atoms with Gasteiger partial charge < -0.3 is 25.0 Å². The summed E-state index contributed by atoms with van der Waals surface area (Å²) in [6.45, 7) is 5.49. The van der Waals surface area contributed by atoms with Crippen molar-refractivity contribution < 1.29 is 23.5 Å². The summed E-state index contributed by atoms with van der Waals surface area (Å²) in [5, 5.41) is 6.36. The normalized spacial score (nSPS) is 16.8. The van der Waals surface area contributed by atoms with Gasteiger partial charge in [0.15, 0.2) is 11.6 Å². The van der Waals surface area contributed by atoms with Gasteiger partial charge in [0.05, 0.1) is 26.2 Å². The maximum Gasteiger partial charge on any atom is 0.308 e. The number of halogens is 1. The van der Waals surface area contributed by atoms with Crippen LogP contribution in [0.15, 0.2) is 30.3 Å². The number of ether oxygens (including phenoxy) is 2. The molecule has 0 unspecified atom stereocenters. The van der Waals surface area contributed by atoms with Gasteiger partial charge in [-0.1, -0.05) is 12.1 Å². The summed E-state index contributed by atoms with van der Waals surface area (Å²) in [5.41, 5.74) is 2.88. The largest absolute Gasteiger partial charge is 0.494 e. The SMILES string of the molecule is CCOC(=O)C[C@H](NC(=O)C1CCN(CCc2ccc3c(n2)NCCC3)CC1)c1ccc(OC)c(F)c1. The predicted octanol–water partition coefficient (Wildman–Crippen LogP) is 3.65. The van der Waals surface area contributed by atoms with Crippen LogP contribution in [0.1, 0.15) is 55.5 Å². The number of carbonyl (C=O) groups excluding carboxylic acids is 2. The van der Waals surface area contributed by atoms with Crippen molar-refractivity contribution in [3.8, 4) is 5.75 Å². The number of carbonyl (C=O) groups is 2. The fourth-order valence-corrected chi connectivity index (χ4v) is 5.03. The van der Waals surface area contributed by atoms with Gasteiger partial charge >= 0.3 is 5.97 Å². The number of aromatic nitrogens is 1. The van der Waals surface area contributed by atoms with E-state index in [1.807, 2.05) is 0 Å². The van der Waals surface area contributed by atoms with E-state index >= 15 is 0 Å². The highest BCUT2D eigenvalue weighted by Gasteiger charge is 2.28. The molecule has 1 saturated heterocycles. The first-order valence-electron chi connectivity index (χ1n) is 13.2. The summed E-state index contributed by atoms with van der Waals surface area (Å²) in [6.07, 6.45) is 4.50. The summed E-state index contributed by atoms with van der Waals surface area (Å²) in [6, 6.07) is 8.10. The standard InChI is InChI=1S/C28H37FN4O4/c1-3-37-26(34)18-24(21-7-9-25(36-2)23(29)17-21)32-28(35)20-10-14-33(15-11-20)16-12-22-8-6-19-5-4-13-30-27(19)31-22/h6-9,17,20,24H,3-5,10-16,18H2,1-2H3,(H,30,31)(H,32,35)/t24-/m0/s1. The first-order valence-corrected chi connectivity index (χ1v) is 13.2. The van der Waals surface area contributed by atoms with Crippen molar-refractivity contribution >= 4 is 17.7 Å². The van der Waals surface area contributed by atoms with E-state index in [1.54, 1.807) is 13.0 Å².